The summed E-state index contributed by atoms with van der Waals surface area (Å²) in [5.41, 5.74) is 3.74. The van der Waals surface area contributed by atoms with Crippen LogP contribution in [0.15, 0.2) is 30.6 Å². The topological polar surface area (TPSA) is 53.4 Å². The lowest BCUT2D eigenvalue weighted by atomic mass is 9.93. The van der Waals surface area contributed by atoms with E-state index in [-0.39, 0.29) is 18.8 Å². The summed E-state index contributed by atoms with van der Waals surface area (Å²) in [6, 6.07) is 6.26. The van der Waals surface area contributed by atoms with Crippen molar-refractivity contribution in [3.8, 4) is 0 Å². The fourth-order valence-electron chi connectivity index (χ4n) is 2.54. The van der Waals surface area contributed by atoms with Gasteiger partial charge in [0.1, 0.15) is 5.82 Å². The number of carbonyl (C=O) groups is 1. The molecule has 0 N–H and O–H groups in total. The van der Waals surface area contributed by atoms with Gasteiger partial charge in [-0.15, -0.1) is 0 Å². The first-order valence-corrected chi connectivity index (χ1v) is 7.80. The number of hydrogen-bond acceptors (Lipinski definition) is 4. The van der Waals surface area contributed by atoms with Crippen molar-refractivity contribution in [3.05, 3.63) is 53.1 Å². The lowest BCUT2D eigenvalue weighted by molar-refractivity contribution is 0.0153. The Kier molecular flexibility index (Phi) is 5.42. The van der Waals surface area contributed by atoms with Gasteiger partial charge in [-0.3, -0.25) is 0 Å². The van der Waals surface area contributed by atoms with Crippen molar-refractivity contribution in [2.75, 3.05) is 0 Å². The van der Waals surface area contributed by atoms with Gasteiger partial charge < -0.3 is 14.0 Å². The summed E-state index contributed by atoms with van der Waals surface area (Å²) in [5, 5.41) is 0. The van der Waals surface area contributed by atoms with Crippen LogP contribution in [-0.2, 0) is 16.2 Å². The largest absolute Gasteiger partial charge is 0.510 e. The van der Waals surface area contributed by atoms with Gasteiger partial charge in [-0.1, -0.05) is 25.1 Å². The molecule has 1 aromatic heterocycles. The zero-order chi connectivity index (χ0) is 17.0. The highest BCUT2D eigenvalue weighted by molar-refractivity contribution is 5.59. The third-order valence-corrected chi connectivity index (χ3v) is 3.90. The molecule has 0 amide bonds. The number of rotatable bonds is 5. The molecule has 5 heteroatoms. The van der Waals surface area contributed by atoms with Gasteiger partial charge >= 0.3 is 6.16 Å². The molecule has 0 fully saturated rings. The van der Waals surface area contributed by atoms with Gasteiger partial charge in [0.25, 0.3) is 0 Å². The molecule has 2 rings (SSSR count). The third kappa shape index (κ3) is 4.12. The minimum Gasteiger partial charge on any atom is -0.432 e. The zero-order valence-corrected chi connectivity index (χ0v) is 14.4. The molecule has 2 aromatic rings. The third-order valence-electron chi connectivity index (χ3n) is 3.90. The minimum atomic E-state index is -0.668. The van der Waals surface area contributed by atoms with Crippen LogP contribution in [0.25, 0.3) is 0 Å². The molecule has 23 heavy (non-hydrogen) atoms. The summed E-state index contributed by atoms with van der Waals surface area (Å²) in [6.45, 7) is 9.98. The number of nitrogens with zero attached hydrogens (tertiary/aromatic N) is 2. The summed E-state index contributed by atoms with van der Waals surface area (Å²) >= 11 is 0. The van der Waals surface area contributed by atoms with Gasteiger partial charge in [-0.2, -0.15) is 0 Å². The van der Waals surface area contributed by atoms with Crippen molar-refractivity contribution < 1.29 is 14.3 Å². The fraction of sp³-hybridized carbons (Fsp3) is 0.444. The molecule has 1 aromatic carbocycles. The molecular weight excluding hydrogens is 292 g/mol. The summed E-state index contributed by atoms with van der Waals surface area (Å²) in [6.07, 6.45) is 2.66. The van der Waals surface area contributed by atoms with Crippen molar-refractivity contribution in [2.24, 2.45) is 0 Å². The van der Waals surface area contributed by atoms with E-state index in [2.05, 4.69) is 44.0 Å². The van der Waals surface area contributed by atoms with E-state index in [0.717, 1.165) is 5.82 Å². The van der Waals surface area contributed by atoms with E-state index in [1.807, 2.05) is 4.57 Å². The Bertz CT molecular complexity index is 677. The number of carbonyl (C=O) groups excluding carboxylic acids is 1. The van der Waals surface area contributed by atoms with Crippen LogP contribution in [0.3, 0.4) is 0 Å². The van der Waals surface area contributed by atoms with E-state index in [9.17, 15) is 4.79 Å². The second-order valence-electron chi connectivity index (χ2n) is 5.96. The molecule has 0 aliphatic heterocycles. The van der Waals surface area contributed by atoms with Gasteiger partial charge in [0.05, 0.1) is 6.10 Å². The normalized spacial score (nSPS) is 12.3. The van der Waals surface area contributed by atoms with Crippen LogP contribution in [-0.4, -0.2) is 21.8 Å². The monoisotopic (exact) mass is 316 g/mol. The Morgan fingerprint density at radius 1 is 1.26 bits per heavy atom. The maximum absolute atomic E-state index is 11.5. The molecule has 124 valence electrons. The van der Waals surface area contributed by atoms with E-state index in [4.69, 9.17) is 9.47 Å². The maximum Gasteiger partial charge on any atom is 0.510 e. The van der Waals surface area contributed by atoms with Crippen LogP contribution in [0.1, 0.15) is 49.2 Å². The summed E-state index contributed by atoms with van der Waals surface area (Å²) in [5.74, 6) is 0.964. The minimum absolute atomic E-state index is 0.0933. The predicted octanol–water partition coefficient (Wildman–Crippen LogP) is 4.17. The Hall–Kier alpha value is -2.30. The van der Waals surface area contributed by atoms with Crippen LogP contribution in [0.2, 0.25) is 0 Å². The molecule has 0 radical (unpaired) electrons. The van der Waals surface area contributed by atoms with E-state index in [1.54, 1.807) is 26.2 Å². The molecule has 0 aliphatic rings. The Morgan fingerprint density at radius 2 is 2.00 bits per heavy atom. The number of hydrogen-bond donors (Lipinski definition) is 0. The molecular formula is C18H24N2O3. The van der Waals surface area contributed by atoms with Crippen LogP contribution >= 0.6 is 0 Å². The van der Waals surface area contributed by atoms with Crippen molar-refractivity contribution in [3.63, 3.8) is 0 Å². The lowest BCUT2D eigenvalue weighted by Crippen LogP contribution is -2.17. The number of benzene rings is 1. The quantitative estimate of drug-likeness (QED) is 0.777. The molecule has 0 bridgehead atoms. The number of aromatic nitrogens is 2. The lowest BCUT2D eigenvalue weighted by Gasteiger charge is -2.18. The first-order chi connectivity index (χ1) is 10.9. The second kappa shape index (κ2) is 7.31. The summed E-state index contributed by atoms with van der Waals surface area (Å²) in [4.78, 5) is 16.0. The maximum atomic E-state index is 11.5. The van der Waals surface area contributed by atoms with Gasteiger partial charge in [0, 0.05) is 18.3 Å². The summed E-state index contributed by atoms with van der Waals surface area (Å²) in [7, 11) is 0. The van der Waals surface area contributed by atoms with E-state index in [1.165, 1.54) is 16.7 Å². The average Bonchev–Trinajstić information content (AvgIpc) is 2.95. The predicted molar refractivity (Wildman–Crippen MR) is 88.4 cm³/mol. The van der Waals surface area contributed by atoms with Crippen LogP contribution in [0.4, 0.5) is 4.79 Å². The van der Waals surface area contributed by atoms with Crippen molar-refractivity contribution in [1.82, 2.24) is 9.55 Å². The Balaban J connectivity index is 2.14. The standard InChI is InChI=1S/C18H24N2O3/c1-12(2)23-18(21)22-11-20-10-9-19-17(20)15(5)16-8-6-7-13(3)14(16)4/h6-10,12,15H,11H2,1-5H3. The Labute approximate surface area is 137 Å². The van der Waals surface area contributed by atoms with Gasteiger partial charge in [0.15, 0.2) is 6.73 Å². The molecule has 1 atom stereocenters. The molecule has 0 saturated heterocycles. The van der Waals surface area contributed by atoms with E-state index >= 15 is 0 Å². The highest BCUT2D eigenvalue weighted by atomic mass is 16.7. The smallest absolute Gasteiger partial charge is 0.432 e. The second-order valence-corrected chi connectivity index (χ2v) is 5.96. The average molecular weight is 316 g/mol. The highest BCUT2D eigenvalue weighted by Crippen LogP contribution is 2.27. The first kappa shape index (κ1) is 17.1. The first-order valence-electron chi connectivity index (χ1n) is 7.80. The molecule has 1 heterocycles. The number of aryl methyl sites for hydroxylation is 1. The van der Waals surface area contributed by atoms with Crippen molar-refractivity contribution in [1.29, 1.82) is 0 Å². The van der Waals surface area contributed by atoms with Gasteiger partial charge in [0.2, 0.25) is 0 Å². The zero-order valence-electron chi connectivity index (χ0n) is 14.4. The molecule has 5 nitrogen and oxygen atoms in total. The number of ether oxygens (including phenoxy) is 2. The highest BCUT2D eigenvalue weighted by Gasteiger charge is 2.17. The Morgan fingerprint density at radius 3 is 2.70 bits per heavy atom. The van der Waals surface area contributed by atoms with Crippen LogP contribution in [0.5, 0.6) is 0 Å². The van der Waals surface area contributed by atoms with Crippen LogP contribution < -0.4 is 0 Å². The molecule has 0 aliphatic carbocycles. The SMILES string of the molecule is Cc1cccc(C(C)c2nccn2COC(=O)OC(C)C)c1C. The van der Waals surface area contributed by atoms with Crippen LogP contribution in [0, 0.1) is 13.8 Å². The summed E-state index contributed by atoms with van der Waals surface area (Å²) < 4.78 is 11.9. The van der Waals surface area contributed by atoms with Crippen molar-refractivity contribution in [2.45, 2.75) is 53.4 Å². The molecule has 1 unspecified atom stereocenters. The fourth-order valence-corrected chi connectivity index (χ4v) is 2.54. The van der Waals surface area contributed by atoms with E-state index in [0.29, 0.717) is 0 Å². The van der Waals surface area contributed by atoms with Gasteiger partial charge in [-0.25, -0.2) is 9.78 Å². The molecule has 0 saturated carbocycles. The van der Waals surface area contributed by atoms with Gasteiger partial charge in [-0.05, 0) is 44.4 Å². The molecule has 0 spiro atoms. The van der Waals surface area contributed by atoms with Crippen molar-refractivity contribution >= 4 is 6.16 Å². The number of imidazole rings is 1. The van der Waals surface area contributed by atoms with E-state index < -0.39 is 6.16 Å².